The zero-order valence-electron chi connectivity index (χ0n) is 4.01. The normalized spacial score (nSPS) is 0. The summed E-state index contributed by atoms with van der Waals surface area (Å²) in [6, 6.07) is 0. The van der Waals surface area contributed by atoms with Gasteiger partial charge in [-0.25, -0.2) is 0 Å². The molecular formula is H5EuF4Na. The van der Waals surface area contributed by atoms with Crippen LogP contribution in [-0.4, -0.2) is 0 Å². The molecule has 0 aliphatic carbocycles. The first-order chi connectivity index (χ1) is 0. The van der Waals surface area contributed by atoms with Gasteiger partial charge in [-0.3, -0.25) is 18.8 Å². The van der Waals surface area contributed by atoms with Crippen molar-refractivity contribution in [2.45, 2.75) is 0 Å². The van der Waals surface area contributed by atoms with Crippen LogP contribution < -0.4 is 29.6 Å². The van der Waals surface area contributed by atoms with E-state index in [4.69, 9.17) is 0 Å². The Hall–Kier alpha value is 2.30. The van der Waals surface area contributed by atoms with Crippen LogP contribution in [0.3, 0.4) is 0 Å². The molecule has 0 rings (SSSR count). The Labute approximate surface area is 97.2 Å². The van der Waals surface area contributed by atoms with Crippen molar-refractivity contribution >= 4 is 0 Å². The molecule has 0 spiro atoms. The third kappa shape index (κ3) is 33.4. The molecule has 6 heteroatoms. The average molecular weight is 256 g/mol. The number of hydrogen-bond acceptors (Lipinski definition) is 0. The smallest absolute Gasteiger partial charge is 1.00 e. The fraction of sp³-hybridized carbons (Fsp3) is 0. The second kappa shape index (κ2) is 54.7. The van der Waals surface area contributed by atoms with Gasteiger partial charge in [-0.05, 0) is 0 Å². The average Bonchev–Trinajstić information content (AvgIpc) is 0. The molecule has 0 saturated heterocycles. The summed E-state index contributed by atoms with van der Waals surface area (Å²) < 4.78 is 0. The summed E-state index contributed by atoms with van der Waals surface area (Å²) in [6.45, 7) is 0. The topological polar surface area (TPSA) is 0 Å². The molecule has 0 heterocycles. The van der Waals surface area contributed by atoms with E-state index in [2.05, 4.69) is 0 Å². The van der Waals surface area contributed by atoms with Gasteiger partial charge in [-0.2, -0.15) is 0 Å². The van der Waals surface area contributed by atoms with E-state index in [0.717, 1.165) is 0 Å². The van der Waals surface area contributed by atoms with E-state index in [1.54, 1.807) is 0 Å². The molecule has 0 bridgehead atoms. The molecule has 0 aromatic carbocycles. The van der Waals surface area contributed by atoms with E-state index >= 15 is 0 Å². The Morgan fingerprint density at radius 1 is 0.667 bits per heavy atom. The summed E-state index contributed by atoms with van der Waals surface area (Å²) in [5.41, 5.74) is 0. The van der Waals surface area contributed by atoms with E-state index in [1.807, 2.05) is 0 Å². The van der Waals surface area contributed by atoms with Crippen LogP contribution in [-0.2, 0) is 0 Å². The Morgan fingerprint density at radius 3 is 0.667 bits per heavy atom. The molecule has 0 unspecified atom stereocenters. The van der Waals surface area contributed by atoms with E-state index in [1.165, 1.54) is 0 Å². The summed E-state index contributed by atoms with van der Waals surface area (Å²) in [6.07, 6.45) is 0. The van der Waals surface area contributed by atoms with Crippen LogP contribution in [0.5, 0.6) is 0 Å². The summed E-state index contributed by atoms with van der Waals surface area (Å²) in [5.74, 6) is 0. The minimum Gasteiger partial charge on any atom is -1.00 e. The van der Waals surface area contributed by atoms with E-state index in [0.29, 0.717) is 0 Å². The first-order valence-corrected chi connectivity index (χ1v) is 0. The van der Waals surface area contributed by atoms with Crippen molar-refractivity contribution < 1.29 is 99.2 Å². The molecule has 0 aliphatic rings. The van der Waals surface area contributed by atoms with Crippen LogP contribution in [0.1, 0.15) is 1.43 Å². The van der Waals surface area contributed by atoms with Crippen LogP contribution in [0.4, 0.5) is 18.8 Å². The second-order valence-electron chi connectivity index (χ2n) is 0. The van der Waals surface area contributed by atoms with Crippen molar-refractivity contribution in [1.29, 1.82) is 0 Å². The Bertz CT molecular complexity index is 11.7. The van der Waals surface area contributed by atoms with Gasteiger partial charge in [0, 0.05) is 49.4 Å². The summed E-state index contributed by atoms with van der Waals surface area (Å²) in [5, 5.41) is 0. The standard InChI is InChI=1S/Eu.4FH.Na.H/h;4*1H;;/q;;;;;+1;-1. The van der Waals surface area contributed by atoms with Gasteiger partial charge in [-0.15, -0.1) is 0 Å². The Balaban J connectivity index is 0. The van der Waals surface area contributed by atoms with Crippen LogP contribution in [0.2, 0.25) is 0 Å². The van der Waals surface area contributed by atoms with Gasteiger partial charge in [-0.1, -0.05) is 0 Å². The summed E-state index contributed by atoms with van der Waals surface area (Å²) in [4.78, 5) is 0. The number of halogens is 4. The largest absolute Gasteiger partial charge is 1.00 e. The molecule has 0 aromatic rings. The molecule has 0 aliphatic heterocycles. The second-order valence-corrected chi connectivity index (χ2v) is 0. The fourth-order valence-corrected chi connectivity index (χ4v) is 0. The fourth-order valence-electron chi connectivity index (χ4n) is 0. The predicted molar refractivity (Wildman–Crippen MR) is 11.1 cm³/mol. The van der Waals surface area contributed by atoms with Crippen molar-refractivity contribution in [1.82, 2.24) is 0 Å². The molecule has 0 fully saturated rings. The zero-order valence-corrected chi connectivity index (χ0v) is 7.44. The van der Waals surface area contributed by atoms with Gasteiger partial charge >= 0.3 is 29.6 Å². The Kier molecular flexibility index (Phi) is 760. The number of rotatable bonds is 0. The number of hydrogen-bond donors (Lipinski definition) is 0. The van der Waals surface area contributed by atoms with Crippen LogP contribution in [0.25, 0.3) is 0 Å². The maximum absolute atomic E-state index is 0. The molecule has 6 heavy (non-hydrogen) atoms. The van der Waals surface area contributed by atoms with Crippen molar-refractivity contribution in [3.05, 3.63) is 0 Å². The molecule has 0 N–H and O–H groups in total. The zero-order chi connectivity index (χ0) is 0. The van der Waals surface area contributed by atoms with Gasteiger partial charge in [0.2, 0.25) is 0 Å². The van der Waals surface area contributed by atoms with Crippen LogP contribution in [0, 0.1) is 49.4 Å². The Morgan fingerprint density at radius 2 is 0.667 bits per heavy atom. The van der Waals surface area contributed by atoms with Gasteiger partial charge in [0.25, 0.3) is 0 Å². The van der Waals surface area contributed by atoms with E-state index in [9.17, 15) is 0 Å². The monoisotopic (exact) mass is 257 g/mol. The third-order valence-corrected chi connectivity index (χ3v) is 0. The maximum atomic E-state index is 0. The minimum atomic E-state index is 0. The van der Waals surface area contributed by atoms with Crippen molar-refractivity contribution in [3.8, 4) is 0 Å². The first kappa shape index (κ1) is 83.4. The van der Waals surface area contributed by atoms with Crippen LogP contribution in [0.15, 0.2) is 0 Å². The molecule has 0 aromatic heterocycles. The SMILES string of the molecule is F.F.F.F.[Eu].[H-].[Na+]. The van der Waals surface area contributed by atoms with E-state index < -0.39 is 0 Å². The van der Waals surface area contributed by atoms with Crippen molar-refractivity contribution in [3.63, 3.8) is 0 Å². The minimum absolute atomic E-state index is 0. The van der Waals surface area contributed by atoms with Crippen LogP contribution >= 0.6 is 0 Å². The molecule has 41 valence electrons. The molecule has 0 atom stereocenters. The molecule has 0 saturated carbocycles. The maximum Gasteiger partial charge on any atom is 1.00 e. The summed E-state index contributed by atoms with van der Waals surface area (Å²) in [7, 11) is 0. The first-order valence-electron chi connectivity index (χ1n) is 0. The molecule has 1 radical (unpaired) electrons. The third-order valence-electron chi connectivity index (χ3n) is 0. The van der Waals surface area contributed by atoms with Gasteiger partial charge in [0.15, 0.2) is 0 Å². The molecule has 0 amide bonds. The van der Waals surface area contributed by atoms with E-state index in [-0.39, 0.29) is 99.2 Å². The summed E-state index contributed by atoms with van der Waals surface area (Å²) >= 11 is 0. The van der Waals surface area contributed by atoms with Crippen molar-refractivity contribution in [2.75, 3.05) is 0 Å². The molecule has 0 nitrogen and oxygen atoms in total. The quantitative estimate of drug-likeness (QED) is 0.338. The molecular weight excluding hydrogens is 251 g/mol. The predicted octanol–water partition coefficient (Wildman–Crippen LogP) is -2.27. The van der Waals surface area contributed by atoms with Gasteiger partial charge in [0.1, 0.15) is 0 Å². The van der Waals surface area contributed by atoms with Crippen molar-refractivity contribution in [2.24, 2.45) is 0 Å². The van der Waals surface area contributed by atoms with Gasteiger partial charge in [0.05, 0.1) is 0 Å². The van der Waals surface area contributed by atoms with Gasteiger partial charge < -0.3 is 1.43 Å².